The predicted octanol–water partition coefficient (Wildman–Crippen LogP) is 3.20. The first-order valence-corrected chi connectivity index (χ1v) is 8.53. The van der Waals surface area contributed by atoms with Gasteiger partial charge in [-0.05, 0) is 38.3 Å². The Hall–Kier alpha value is -1.69. The number of thiophene rings is 1. The molecule has 0 unspecified atom stereocenters. The quantitative estimate of drug-likeness (QED) is 0.873. The average molecular weight is 318 g/mol. The summed E-state index contributed by atoms with van der Waals surface area (Å²) in [5.41, 5.74) is 0. The molecule has 0 aromatic carbocycles. The van der Waals surface area contributed by atoms with Crippen LogP contribution in [0.1, 0.15) is 52.5 Å². The second kappa shape index (κ2) is 5.83. The van der Waals surface area contributed by atoms with Crippen molar-refractivity contribution in [1.82, 2.24) is 19.7 Å². The Bertz CT molecular complexity index is 688. The van der Waals surface area contributed by atoms with E-state index >= 15 is 0 Å². The largest absolute Gasteiger partial charge is 0.328 e. The first-order chi connectivity index (χ1) is 10.5. The van der Waals surface area contributed by atoms with Crippen LogP contribution < -0.4 is 0 Å². The molecule has 22 heavy (non-hydrogen) atoms. The van der Waals surface area contributed by atoms with Crippen molar-refractivity contribution in [3.8, 4) is 0 Å². The molecule has 0 spiro atoms. The Labute approximate surface area is 135 Å². The summed E-state index contributed by atoms with van der Waals surface area (Å²) in [6.45, 7) is 9.72. The number of fused-ring (bicyclic) bond motifs is 1. The molecule has 0 fully saturated rings. The molecule has 6 heteroatoms. The van der Waals surface area contributed by atoms with Crippen molar-refractivity contribution in [2.24, 2.45) is 5.92 Å². The number of amides is 1. The smallest absolute Gasteiger partial charge is 0.264 e. The second-order valence-electron chi connectivity index (χ2n) is 6.41. The van der Waals surface area contributed by atoms with Crippen LogP contribution in [0.25, 0.3) is 0 Å². The maximum Gasteiger partial charge on any atom is 0.264 e. The monoisotopic (exact) mass is 318 g/mol. The molecule has 1 amide bonds. The van der Waals surface area contributed by atoms with E-state index in [2.05, 4.69) is 28.6 Å². The second-order valence-corrected chi connectivity index (χ2v) is 7.70. The molecule has 1 atom stereocenters. The highest BCUT2D eigenvalue weighted by Crippen LogP contribution is 2.29. The van der Waals surface area contributed by atoms with Gasteiger partial charge in [0.25, 0.3) is 5.91 Å². The number of nitrogens with zero attached hydrogens (tertiary/aromatic N) is 4. The van der Waals surface area contributed by atoms with Crippen molar-refractivity contribution in [1.29, 1.82) is 0 Å². The minimum atomic E-state index is 0.110. The zero-order chi connectivity index (χ0) is 15.9. The normalized spacial score (nSPS) is 17.9. The SMILES string of the molecule is Cc1ccc(C(=O)N2Cc3nnc(C)n3[C@@H](CC(C)C)C2)s1. The molecule has 1 aliphatic heterocycles. The summed E-state index contributed by atoms with van der Waals surface area (Å²) >= 11 is 1.56. The van der Waals surface area contributed by atoms with E-state index in [-0.39, 0.29) is 11.9 Å². The van der Waals surface area contributed by atoms with Crippen LogP contribution in [0.3, 0.4) is 0 Å². The van der Waals surface area contributed by atoms with Crippen LogP contribution in [0, 0.1) is 19.8 Å². The standard InChI is InChI=1S/C16H22N4OS/c1-10(2)7-13-8-19(9-15-18-17-12(4)20(13)15)16(21)14-6-5-11(3)22-14/h5-6,10,13H,7-9H2,1-4H3/t13-/m0/s1. The number of hydrogen-bond donors (Lipinski definition) is 0. The van der Waals surface area contributed by atoms with Gasteiger partial charge in [-0.15, -0.1) is 21.5 Å². The van der Waals surface area contributed by atoms with Gasteiger partial charge in [-0.3, -0.25) is 4.79 Å². The Balaban J connectivity index is 1.88. The zero-order valence-electron chi connectivity index (χ0n) is 13.5. The fraction of sp³-hybridized carbons (Fsp3) is 0.562. The lowest BCUT2D eigenvalue weighted by molar-refractivity contribution is 0.0665. The lowest BCUT2D eigenvalue weighted by atomic mass is 10.0. The number of hydrogen-bond acceptors (Lipinski definition) is 4. The van der Waals surface area contributed by atoms with Gasteiger partial charge in [0, 0.05) is 11.4 Å². The molecule has 0 saturated carbocycles. The van der Waals surface area contributed by atoms with Gasteiger partial charge in [-0.25, -0.2) is 0 Å². The number of carbonyl (C=O) groups excluding carboxylic acids is 1. The van der Waals surface area contributed by atoms with Crippen LogP contribution in [0.5, 0.6) is 0 Å². The summed E-state index contributed by atoms with van der Waals surface area (Å²) in [4.78, 5) is 16.6. The van der Waals surface area contributed by atoms with Crippen LogP contribution in [0.15, 0.2) is 12.1 Å². The topological polar surface area (TPSA) is 51.0 Å². The lowest BCUT2D eigenvalue weighted by Crippen LogP contribution is -2.41. The highest BCUT2D eigenvalue weighted by molar-refractivity contribution is 7.13. The molecule has 0 bridgehead atoms. The molecule has 2 aromatic rings. The highest BCUT2D eigenvalue weighted by atomic mass is 32.1. The molecule has 2 aromatic heterocycles. The molecule has 3 heterocycles. The molecule has 0 aliphatic carbocycles. The van der Waals surface area contributed by atoms with Gasteiger partial charge in [0.05, 0.1) is 17.5 Å². The van der Waals surface area contributed by atoms with Crippen LogP contribution in [-0.4, -0.2) is 32.1 Å². The summed E-state index contributed by atoms with van der Waals surface area (Å²) in [6, 6.07) is 4.19. The van der Waals surface area contributed by atoms with E-state index in [1.807, 2.05) is 30.9 Å². The van der Waals surface area contributed by atoms with Gasteiger partial charge < -0.3 is 9.47 Å². The summed E-state index contributed by atoms with van der Waals surface area (Å²) in [7, 11) is 0. The van der Waals surface area contributed by atoms with Gasteiger partial charge in [0.1, 0.15) is 5.82 Å². The number of aromatic nitrogens is 3. The minimum absolute atomic E-state index is 0.110. The van der Waals surface area contributed by atoms with Crippen molar-refractivity contribution < 1.29 is 4.79 Å². The van der Waals surface area contributed by atoms with E-state index in [0.29, 0.717) is 12.5 Å². The van der Waals surface area contributed by atoms with E-state index < -0.39 is 0 Å². The lowest BCUT2D eigenvalue weighted by Gasteiger charge is -2.34. The third-order valence-electron chi connectivity index (χ3n) is 4.05. The number of aryl methyl sites for hydroxylation is 2. The van der Waals surface area contributed by atoms with Crippen molar-refractivity contribution >= 4 is 17.2 Å². The maximum atomic E-state index is 12.7. The fourth-order valence-corrected chi connectivity index (χ4v) is 3.99. The van der Waals surface area contributed by atoms with Gasteiger partial charge in [-0.1, -0.05) is 13.8 Å². The summed E-state index contributed by atoms with van der Waals surface area (Å²) < 4.78 is 2.21. The van der Waals surface area contributed by atoms with Crippen LogP contribution >= 0.6 is 11.3 Å². The first-order valence-electron chi connectivity index (χ1n) is 7.71. The molecular formula is C16H22N4OS. The van der Waals surface area contributed by atoms with Gasteiger partial charge in [0.2, 0.25) is 0 Å². The molecule has 0 N–H and O–H groups in total. The Kier molecular flexibility index (Phi) is 4.04. The summed E-state index contributed by atoms with van der Waals surface area (Å²) in [6.07, 6.45) is 1.03. The molecular weight excluding hydrogens is 296 g/mol. The average Bonchev–Trinajstić information content (AvgIpc) is 3.04. The molecule has 5 nitrogen and oxygen atoms in total. The third kappa shape index (κ3) is 2.79. The van der Waals surface area contributed by atoms with Gasteiger partial charge in [-0.2, -0.15) is 0 Å². The van der Waals surface area contributed by atoms with E-state index in [1.165, 1.54) is 0 Å². The van der Waals surface area contributed by atoms with Crippen molar-refractivity contribution in [3.63, 3.8) is 0 Å². The highest BCUT2D eigenvalue weighted by Gasteiger charge is 2.31. The number of carbonyl (C=O) groups is 1. The molecule has 1 aliphatic rings. The summed E-state index contributed by atoms with van der Waals surface area (Å²) in [5.74, 6) is 2.52. The van der Waals surface area contributed by atoms with Crippen molar-refractivity contribution in [2.75, 3.05) is 6.54 Å². The molecule has 0 saturated heterocycles. The summed E-state index contributed by atoms with van der Waals surface area (Å²) in [5, 5.41) is 8.47. The fourth-order valence-electron chi connectivity index (χ4n) is 3.15. The Morgan fingerprint density at radius 2 is 2.14 bits per heavy atom. The van der Waals surface area contributed by atoms with E-state index in [9.17, 15) is 4.79 Å². The molecule has 3 rings (SSSR count). The first kappa shape index (κ1) is 15.2. The van der Waals surface area contributed by atoms with Gasteiger partial charge >= 0.3 is 0 Å². The van der Waals surface area contributed by atoms with Crippen molar-refractivity contribution in [2.45, 2.75) is 46.7 Å². The van der Waals surface area contributed by atoms with E-state index in [1.54, 1.807) is 11.3 Å². The number of rotatable bonds is 3. The predicted molar refractivity (Wildman–Crippen MR) is 87.0 cm³/mol. The van der Waals surface area contributed by atoms with Crippen LogP contribution in [-0.2, 0) is 6.54 Å². The third-order valence-corrected chi connectivity index (χ3v) is 5.04. The van der Waals surface area contributed by atoms with Crippen molar-refractivity contribution in [3.05, 3.63) is 33.5 Å². The minimum Gasteiger partial charge on any atom is -0.328 e. The Morgan fingerprint density at radius 3 is 2.77 bits per heavy atom. The Morgan fingerprint density at radius 1 is 1.36 bits per heavy atom. The maximum absolute atomic E-state index is 12.7. The van der Waals surface area contributed by atoms with Gasteiger partial charge in [0.15, 0.2) is 5.82 Å². The van der Waals surface area contributed by atoms with Crippen LogP contribution in [0.4, 0.5) is 0 Å². The van der Waals surface area contributed by atoms with E-state index in [4.69, 9.17) is 0 Å². The van der Waals surface area contributed by atoms with Crippen LogP contribution in [0.2, 0.25) is 0 Å². The van der Waals surface area contributed by atoms with E-state index in [0.717, 1.165) is 34.4 Å². The zero-order valence-corrected chi connectivity index (χ0v) is 14.4. The molecule has 118 valence electrons. The molecule has 0 radical (unpaired) electrons.